The van der Waals surface area contributed by atoms with Crippen LogP contribution in [0.25, 0.3) is 0 Å². The maximum atomic E-state index is 12.6. The maximum Gasteiger partial charge on any atom is 0.517 e. The highest BCUT2D eigenvalue weighted by Crippen LogP contribution is 2.41. The smallest absolute Gasteiger partial charge is 0.258 e. The Bertz CT molecular complexity index is 816. The number of halogens is 6. The molecule has 8 nitrogen and oxygen atoms in total. The molecule has 0 radical (unpaired) electrons. The number of sulfonamides is 2. The molecule has 0 N–H and O–H groups in total. The summed E-state index contributed by atoms with van der Waals surface area (Å²) in [6.07, 6.45) is 0. The molecule has 0 saturated heterocycles. The fourth-order valence-electron chi connectivity index (χ4n) is 1.35. The Hall–Kier alpha value is -2.10. The number of nitrogens with zero attached hydrogens (tertiary/aromatic N) is 2. The van der Waals surface area contributed by atoms with E-state index in [-0.39, 0.29) is 6.07 Å². The first-order valence-electron chi connectivity index (χ1n) is 5.21. The van der Waals surface area contributed by atoms with E-state index in [0.717, 1.165) is 6.07 Å². The molecule has 0 aromatic heterocycles. The lowest BCUT2D eigenvalue weighted by molar-refractivity contribution is -0.384. The number of benzene rings is 1. The molecule has 0 unspecified atom stereocenters. The average Bonchev–Trinajstić information content (AvgIpc) is 2.35. The van der Waals surface area contributed by atoms with Crippen molar-refractivity contribution in [3.05, 3.63) is 34.4 Å². The largest absolute Gasteiger partial charge is 0.517 e. The summed E-state index contributed by atoms with van der Waals surface area (Å²) < 4.78 is 119. The van der Waals surface area contributed by atoms with E-state index in [4.69, 9.17) is 0 Å². The Balaban J connectivity index is 3.96. The number of hydrogen-bond donors (Lipinski definition) is 0. The second kappa shape index (κ2) is 5.76. The van der Waals surface area contributed by atoms with Gasteiger partial charge in [-0.2, -0.15) is 43.2 Å². The predicted molar refractivity (Wildman–Crippen MR) is 65.5 cm³/mol. The van der Waals surface area contributed by atoms with E-state index in [1.165, 1.54) is 0 Å². The summed E-state index contributed by atoms with van der Waals surface area (Å²) in [4.78, 5) is 9.16. The fraction of sp³-hybridized carbons (Fsp3) is 0.250. The molecule has 0 spiro atoms. The minimum atomic E-state index is -7.17. The molecule has 0 aliphatic carbocycles. The number of alkyl halides is 6. The Morgan fingerprint density at radius 3 is 1.58 bits per heavy atom. The lowest BCUT2D eigenvalue weighted by atomic mass is 10.3. The summed E-state index contributed by atoms with van der Waals surface area (Å²) >= 11 is 0. The van der Waals surface area contributed by atoms with Crippen LogP contribution in [0.3, 0.4) is 0 Å². The molecule has 0 aliphatic rings. The second-order valence-corrected chi connectivity index (χ2v) is 7.63. The van der Waals surface area contributed by atoms with Gasteiger partial charge in [0.25, 0.3) is 5.69 Å². The topological polar surface area (TPSA) is 115 Å². The summed E-state index contributed by atoms with van der Waals surface area (Å²) in [7, 11) is -14.3. The second-order valence-electron chi connectivity index (χ2n) is 3.84. The van der Waals surface area contributed by atoms with Gasteiger partial charge in [0.2, 0.25) is 0 Å². The van der Waals surface area contributed by atoms with Crippen molar-refractivity contribution in [1.29, 1.82) is 0 Å². The van der Waals surface area contributed by atoms with Crippen LogP contribution in [0.2, 0.25) is 0 Å². The van der Waals surface area contributed by atoms with Crippen molar-refractivity contribution >= 4 is 31.4 Å². The van der Waals surface area contributed by atoms with Crippen LogP contribution in [-0.2, 0) is 20.0 Å². The molecule has 0 atom stereocenters. The van der Waals surface area contributed by atoms with E-state index < -0.39 is 51.1 Å². The molecule has 0 aliphatic heterocycles. The molecule has 1 aromatic carbocycles. The molecular formula is C8H4F6N2O6S2. The highest BCUT2D eigenvalue weighted by molar-refractivity contribution is 8.11. The van der Waals surface area contributed by atoms with E-state index in [1.807, 2.05) is 0 Å². The van der Waals surface area contributed by atoms with Gasteiger partial charge in [0.15, 0.2) is 0 Å². The average molecular weight is 402 g/mol. The monoisotopic (exact) mass is 402 g/mol. The van der Waals surface area contributed by atoms with Gasteiger partial charge in [-0.25, -0.2) is 0 Å². The van der Waals surface area contributed by atoms with E-state index >= 15 is 0 Å². The van der Waals surface area contributed by atoms with Gasteiger partial charge in [0.1, 0.15) is 5.69 Å². The molecule has 0 fully saturated rings. The van der Waals surface area contributed by atoms with Gasteiger partial charge >= 0.3 is 31.1 Å². The van der Waals surface area contributed by atoms with Crippen molar-refractivity contribution < 1.29 is 48.1 Å². The van der Waals surface area contributed by atoms with Gasteiger partial charge in [-0.05, 0) is 6.07 Å². The summed E-state index contributed by atoms with van der Waals surface area (Å²) in [5.74, 6) is 0. The van der Waals surface area contributed by atoms with Gasteiger partial charge in [-0.1, -0.05) is 12.1 Å². The van der Waals surface area contributed by atoms with E-state index in [9.17, 15) is 53.3 Å². The van der Waals surface area contributed by atoms with E-state index in [0.29, 0.717) is 12.1 Å². The zero-order valence-corrected chi connectivity index (χ0v) is 12.4. The van der Waals surface area contributed by atoms with E-state index in [1.54, 1.807) is 0 Å². The minimum absolute atomic E-state index is 0.116. The quantitative estimate of drug-likeness (QED) is 0.433. The molecule has 136 valence electrons. The molecule has 0 saturated carbocycles. The van der Waals surface area contributed by atoms with Crippen LogP contribution in [-0.4, -0.2) is 32.8 Å². The molecule has 24 heavy (non-hydrogen) atoms. The molecule has 1 rings (SSSR count). The highest BCUT2D eigenvalue weighted by atomic mass is 32.3. The Kier molecular flexibility index (Phi) is 4.79. The SMILES string of the molecule is O=[N+]([O-])c1ccccc1N(S(=O)(=O)C(F)(F)F)S(=O)(=O)C(F)(F)F. The van der Waals surface area contributed by atoms with Crippen molar-refractivity contribution in [1.82, 2.24) is 0 Å². The molecule has 1 aromatic rings. The van der Waals surface area contributed by atoms with Crippen LogP contribution in [0, 0.1) is 10.1 Å². The van der Waals surface area contributed by atoms with Gasteiger partial charge in [-0.3, -0.25) is 10.1 Å². The fourth-order valence-corrected chi connectivity index (χ4v) is 4.09. The van der Waals surface area contributed by atoms with Crippen molar-refractivity contribution in [3.8, 4) is 0 Å². The number of para-hydroxylation sites is 2. The summed E-state index contributed by atoms with van der Waals surface area (Å²) in [6, 6.07) is 1.85. The minimum Gasteiger partial charge on any atom is -0.258 e. The summed E-state index contributed by atoms with van der Waals surface area (Å²) in [5, 5.41) is 10.7. The molecule has 0 heterocycles. The summed E-state index contributed by atoms with van der Waals surface area (Å²) in [5.41, 5.74) is -16.5. The van der Waals surface area contributed by atoms with Crippen molar-refractivity contribution in [2.24, 2.45) is 0 Å². The van der Waals surface area contributed by atoms with Gasteiger partial charge in [0, 0.05) is 6.07 Å². The van der Waals surface area contributed by atoms with Crippen molar-refractivity contribution in [3.63, 3.8) is 0 Å². The molecule has 0 amide bonds. The number of anilines is 1. The Morgan fingerprint density at radius 2 is 1.25 bits per heavy atom. The number of hydrogen-bond acceptors (Lipinski definition) is 6. The third kappa shape index (κ3) is 3.23. The van der Waals surface area contributed by atoms with Crippen LogP contribution in [0.4, 0.5) is 37.7 Å². The third-order valence-corrected chi connectivity index (χ3v) is 5.91. The lowest BCUT2D eigenvalue weighted by Crippen LogP contribution is -2.49. The lowest BCUT2D eigenvalue weighted by Gasteiger charge is -2.25. The van der Waals surface area contributed by atoms with Crippen molar-refractivity contribution in [2.75, 3.05) is 3.71 Å². The van der Waals surface area contributed by atoms with Crippen LogP contribution < -0.4 is 3.71 Å². The number of rotatable bonds is 4. The molecule has 0 bridgehead atoms. The first-order valence-corrected chi connectivity index (χ1v) is 8.09. The first kappa shape index (κ1) is 19.9. The standard InChI is InChI=1S/C8H4F6N2O6S2/c9-7(10,11)23(19,20)16(24(21,22)8(12,13)14)6-4-2-1-3-5(6)15(17)18/h1-4H. The van der Waals surface area contributed by atoms with E-state index in [2.05, 4.69) is 0 Å². The maximum absolute atomic E-state index is 12.6. The molecule has 16 heteroatoms. The normalized spacial score (nSPS) is 13.6. The Labute approximate surface area is 129 Å². The van der Waals surface area contributed by atoms with Crippen LogP contribution in [0.15, 0.2) is 24.3 Å². The Morgan fingerprint density at radius 1 is 0.875 bits per heavy atom. The van der Waals surface area contributed by atoms with Crippen LogP contribution in [0.5, 0.6) is 0 Å². The molecular weight excluding hydrogens is 398 g/mol. The number of nitro groups is 1. The summed E-state index contributed by atoms with van der Waals surface area (Å²) in [6.45, 7) is 0. The zero-order chi connectivity index (χ0) is 19.1. The van der Waals surface area contributed by atoms with Gasteiger partial charge < -0.3 is 0 Å². The van der Waals surface area contributed by atoms with Crippen molar-refractivity contribution in [2.45, 2.75) is 11.0 Å². The van der Waals surface area contributed by atoms with Gasteiger partial charge in [-0.15, -0.1) is 3.71 Å². The van der Waals surface area contributed by atoms with Crippen LogP contribution >= 0.6 is 0 Å². The predicted octanol–water partition coefficient (Wildman–Crippen LogP) is 2.10. The van der Waals surface area contributed by atoms with Gasteiger partial charge in [0.05, 0.1) is 4.92 Å². The van der Waals surface area contributed by atoms with Crippen LogP contribution in [0.1, 0.15) is 0 Å². The third-order valence-electron chi connectivity index (χ3n) is 2.30. The highest BCUT2D eigenvalue weighted by Gasteiger charge is 2.62. The zero-order valence-electron chi connectivity index (χ0n) is 10.7. The first-order chi connectivity index (χ1) is 10.5. The number of nitro benzene ring substituents is 1.